The highest BCUT2D eigenvalue weighted by Crippen LogP contribution is 2.24. The molecule has 4 rings (SSSR count). The van der Waals surface area contributed by atoms with Crippen molar-refractivity contribution in [3.8, 4) is 0 Å². The fourth-order valence-corrected chi connectivity index (χ4v) is 3.91. The van der Waals surface area contributed by atoms with Crippen LogP contribution in [0.4, 0.5) is 11.4 Å². The van der Waals surface area contributed by atoms with E-state index in [0.29, 0.717) is 6.54 Å². The Morgan fingerprint density at radius 1 is 1.15 bits per heavy atom. The zero-order valence-electron chi connectivity index (χ0n) is 16.1. The molecule has 2 aromatic carbocycles. The number of pyridine rings is 1. The molecule has 1 aromatic heterocycles. The van der Waals surface area contributed by atoms with Crippen molar-refractivity contribution in [1.82, 2.24) is 4.98 Å². The fraction of sp³-hybridized carbons (Fsp3) is 0.348. The van der Waals surface area contributed by atoms with Crippen LogP contribution in [0.5, 0.6) is 0 Å². The van der Waals surface area contributed by atoms with Gasteiger partial charge in [-0.05, 0) is 73.5 Å². The molecule has 1 atom stereocenters. The van der Waals surface area contributed by atoms with Crippen LogP contribution >= 0.6 is 0 Å². The molecule has 27 heavy (non-hydrogen) atoms. The highest BCUT2D eigenvalue weighted by Gasteiger charge is 2.16. The van der Waals surface area contributed by atoms with E-state index < -0.39 is 0 Å². The lowest BCUT2D eigenvalue weighted by Crippen LogP contribution is -2.34. The molecule has 1 aliphatic rings. The summed E-state index contributed by atoms with van der Waals surface area (Å²) < 4.78 is 0. The lowest BCUT2D eigenvalue weighted by molar-refractivity contribution is 0.447. The van der Waals surface area contributed by atoms with Crippen LogP contribution in [0.25, 0.3) is 10.9 Å². The number of H-pyrrole nitrogens is 1. The summed E-state index contributed by atoms with van der Waals surface area (Å²) >= 11 is 0. The minimum absolute atomic E-state index is 0.0298. The molecule has 0 saturated carbocycles. The van der Waals surface area contributed by atoms with Crippen LogP contribution in [0, 0.1) is 12.8 Å². The van der Waals surface area contributed by atoms with Crippen LogP contribution < -0.4 is 15.8 Å². The predicted octanol–water partition coefficient (Wildman–Crippen LogP) is 4.68. The smallest absolute Gasteiger partial charge is 0.253 e. The maximum atomic E-state index is 12.3. The van der Waals surface area contributed by atoms with Crippen molar-refractivity contribution < 1.29 is 0 Å². The van der Waals surface area contributed by atoms with E-state index in [9.17, 15) is 4.79 Å². The fourth-order valence-electron chi connectivity index (χ4n) is 3.91. The standard InChI is InChI=1S/C23H27N3O/c1-16-5-10-22-18(12-16)13-19(23(27)25-22)14-24-20-6-8-21(9-7-20)26-11-3-4-17(2)15-26/h5-10,12-13,17,24H,3-4,11,14-15H2,1-2H3,(H,25,27)/t17-/m1/s1. The average Bonchev–Trinajstić information content (AvgIpc) is 2.67. The first kappa shape index (κ1) is 17.7. The quantitative estimate of drug-likeness (QED) is 0.709. The molecule has 1 fully saturated rings. The zero-order chi connectivity index (χ0) is 18.8. The van der Waals surface area contributed by atoms with Crippen molar-refractivity contribution in [2.75, 3.05) is 23.3 Å². The number of hydrogen-bond acceptors (Lipinski definition) is 3. The SMILES string of the molecule is Cc1ccc2[nH]c(=O)c(CNc3ccc(N4CCC[C@@H](C)C4)cc3)cc2c1. The second-order valence-electron chi connectivity index (χ2n) is 7.81. The highest BCUT2D eigenvalue weighted by molar-refractivity contribution is 5.79. The molecule has 4 nitrogen and oxygen atoms in total. The average molecular weight is 361 g/mol. The van der Waals surface area contributed by atoms with Crippen LogP contribution in [0.2, 0.25) is 0 Å². The Hall–Kier alpha value is -2.75. The minimum atomic E-state index is -0.0298. The number of aromatic nitrogens is 1. The van der Waals surface area contributed by atoms with Gasteiger partial charge in [0.25, 0.3) is 5.56 Å². The molecule has 0 bridgehead atoms. The second-order valence-corrected chi connectivity index (χ2v) is 7.81. The van der Waals surface area contributed by atoms with Crippen LogP contribution in [0.15, 0.2) is 53.3 Å². The molecule has 140 valence electrons. The molecule has 0 spiro atoms. The van der Waals surface area contributed by atoms with Crippen molar-refractivity contribution in [2.45, 2.75) is 33.2 Å². The number of aryl methyl sites for hydroxylation is 1. The molecule has 1 saturated heterocycles. The van der Waals surface area contributed by atoms with Crippen molar-refractivity contribution in [3.63, 3.8) is 0 Å². The molecule has 0 radical (unpaired) electrons. The number of rotatable bonds is 4. The predicted molar refractivity (Wildman–Crippen MR) is 114 cm³/mol. The maximum Gasteiger partial charge on any atom is 0.253 e. The van der Waals surface area contributed by atoms with Gasteiger partial charge in [-0.25, -0.2) is 0 Å². The molecular weight excluding hydrogens is 334 g/mol. The number of hydrogen-bond donors (Lipinski definition) is 2. The summed E-state index contributed by atoms with van der Waals surface area (Å²) in [7, 11) is 0. The van der Waals surface area contributed by atoms with Crippen LogP contribution in [-0.2, 0) is 6.54 Å². The largest absolute Gasteiger partial charge is 0.381 e. The van der Waals surface area contributed by atoms with E-state index in [1.165, 1.54) is 24.1 Å². The molecule has 3 aromatic rings. The summed E-state index contributed by atoms with van der Waals surface area (Å²) in [4.78, 5) is 17.8. The maximum absolute atomic E-state index is 12.3. The Kier molecular flexibility index (Phi) is 4.88. The monoisotopic (exact) mass is 361 g/mol. The zero-order valence-corrected chi connectivity index (χ0v) is 16.1. The van der Waals surface area contributed by atoms with Gasteiger partial charge in [0, 0.05) is 42.1 Å². The molecule has 1 aliphatic heterocycles. The van der Waals surface area contributed by atoms with E-state index in [1.807, 2.05) is 18.2 Å². The van der Waals surface area contributed by atoms with E-state index in [4.69, 9.17) is 0 Å². The Morgan fingerprint density at radius 2 is 1.96 bits per heavy atom. The third kappa shape index (κ3) is 4.00. The lowest BCUT2D eigenvalue weighted by Gasteiger charge is -2.32. The Balaban J connectivity index is 1.46. The van der Waals surface area contributed by atoms with Crippen LogP contribution in [0.3, 0.4) is 0 Å². The van der Waals surface area contributed by atoms with Crippen LogP contribution in [-0.4, -0.2) is 18.1 Å². The highest BCUT2D eigenvalue weighted by atomic mass is 16.1. The number of benzene rings is 2. The third-order valence-electron chi connectivity index (χ3n) is 5.45. The topological polar surface area (TPSA) is 48.1 Å². The number of nitrogens with zero attached hydrogens (tertiary/aromatic N) is 1. The summed E-state index contributed by atoms with van der Waals surface area (Å²) in [6.07, 6.45) is 2.60. The Bertz CT molecular complexity index is 991. The van der Waals surface area contributed by atoms with E-state index in [0.717, 1.165) is 41.2 Å². The normalized spacial score (nSPS) is 17.3. The van der Waals surface area contributed by atoms with Gasteiger partial charge < -0.3 is 15.2 Å². The van der Waals surface area contributed by atoms with E-state index in [2.05, 4.69) is 59.4 Å². The van der Waals surface area contributed by atoms with Gasteiger partial charge in [-0.1, -0.05) is 18.6 Å². The van der Waals surface area contributed by atoms with E-state index in [-0.39, 0.29) is 5.56 Å². The number of aromatic amines is 1. The summed E-state index contributed by atoms with van der Waals surface area (Å²) in [6.45, 7) is 7.18. The number of anilines is 2. The van der Waals surface area contributed by atoms with Gasteiger partial charge in [-0.2, -0.15) is 0 Å². The van der Waals surface area contributed by atoms with Gasteiger partial charge in [-0.3, -0.25) is 4.79 Å². The summed E-state index contributed by atoms with van der Waals surface area (Å²) in [5.41, 5.74) is 5.11. The van der Waals surface area contributed by atoms with E-state index in [1.54, 1.807) is 0 Å². The molecule has 0 aliphatic carbocycles. The van der Waals surface area contributed by atoms with Crippen molar-refractivity contribution in [2.24, 2.45) is 5.92 Å². The third-order valence-corrected chi connectivity index (χ3v) is 5.45. The molecule has 4 heteroatoms. The Morgan fingerprint density at radius 3 is 2.74 bits per heavy atom. The first-order chi connectivity index (χ1) is 13.1. The van der Waals surface area contributed by atoms with Crippen molar-refractivity contribution in [1.29, 1.82) is 0 Å². The Labute approximate surface area is 160 Å². The van der Waals surface area contributed by atoms with E-state index >= 15 is 0 Å². The van der Waals surface area contributed by atoms with Gasteiger partial charge >= 0.3 is 0 Å². The van der Waals surface area contributed by atoms with Crippen molar-refractivity contribution in [3.05, 3.63) is 70.0 Å². The molecule has 2 N–H and O–H groups in total. The summed E-state index contributed by atoms with van der Waals surface area (Å²) in [5, 5.41) is 4.45. The summed E-state index contributed by atoms with van der Waals surface area (Å²) in [5.74, 6) is 0.764. The van der Waals surface area contributed by atoms with Gasteiger partial charge in [0.2, 0.25) is 0 Å². The first-order valence-electron chi connectivity index (χ1n) is 9.80. The minimum Gasteiger partial charge on any atom is -0.381 e. The number of fused-ring (bicyclic) bond motifs is 1. The molecule has 2 heterocycles. The molecule has 0 amide bonds. The number of piperidine rings is 1. The summed E-state index contributed by atoms with van der Waals surface area (Å²) in [6, 6.07) is 16.6. The molecule has 0 unspecified atom stereocenters. The van der Waals surface area contributed by atoms with Gasteiger partial charge in [0.1, 0.15) is 0 Å². The second kappa shape index (κ2) is 7.47. The first-order valence-corrected chi connectivity index (χ1v) is 9.80. The lowest BCUT2D eigenvalue weighted by atomic mass is 10.00. The number of nitrogens with one attached hydrogen (secondary N) is 2. The van der Waals surface area contributed by atoms with Gasteiger partial charge in [0.15, 0.2) is 0 Å². The van der Waals surface area contributed by atoms with Crippen molar-refractivity contribution >= 4 is 22.3 Å². The van der Waals surface area contributed by atoms with Gasteiger partial charge in [-0.15, -0.1) is 0 Å². The molecular formula is C23H27N3O. The van der Waals surface area contributed by atoms with Gasteiger partial charge in [0.05, 0.1) is 0 Å². The van der Waals surface area contributed by atoms with Crippen LogP contribution in [0.1, 0.15) is 30.9 Å².